The number of para-hydroxylation sites is 1. The molecule has 0 atom stereocenters. The second-order valence-electron chi connectivity index (χ2n) is 5.02. The van der Waals surface area contributed by atoms with E-state index in [1.807, 2.05) is 0 Å². The van der Waals surface area contributed by atoms with Crippen LogP contribution in [0.3, 0.4) is 0 Å². The van der Waals surface area contributed by atoms with Crippen LogP contribution in [0.2, 0.25) is 5.02 Å². The average Bonchev–Trinajstić information content (AvgIpc) is 2.93. The smallest absolute Gasteiger partial charge is 0.153 e. The van der Waals surface area contributed by atoms with Crippen molar-refractivity contribution >= 4 is 17.9 Å². The maximum Gasteiger partial charge on any atom is 0.153 e. The molecular weight excluding hydrogens is 272 g/mol. The lowest BCUT2D eigenvalue weighted by atomic mass is 10.1. The molecule has 0 radical (unpaired) electrons. The number of hydrogen-bond acceptors (Lipinski definition) is 2. The van der Waals surface area contributed by atoms with Crippen molar-refractivity contribution in [1.82, 2.24) is 0 Å². The monoisotopic (exact) mass is 286 g/mol. The molecular formula is C17H15ClO2. The number of benzene rings is 2. The average molecular weight is 287 g/mol. The fourth-order valence-electron chi connectivity index (χ4n) is 2.64. The van der Waals surface area contributed by atoms with Gasteiger partial charge in [0.15, 0.2) is 6.29 Å². The van der Waals surface area contributed by atoms with Gasteiger partial charge in [-0.25, -0.2) is 0 Å². The van der Waals surface area contributed by atoms with E-state index < -0.39 is 0 Å². The zero-order valence-corrected chi connectivity index (χ0v) is 11.8. The van der Waals surface area contributed by atoms with Crippen LogP contribution in [-0.2, 0) is 19.4 Å². The van der Waals surface area contributed by atoms with Crippen molar-refractivity contribution in [2.24, 2.45) is 0 Å². The number of ether oxygens (including phenoxy) is 1. The van der Waals surface area contributed by atoms with E-state index in [-0.39, 0.29) is 0 Å². The summed E-state index contributed by atoms with van der Waals surface area (Å²) < 4.78 is 5.74. The molecule has 1 aliphatic rings. The van der Waals surface area contributed by atoms with Crippen molar-refractivity contribution < 1.29 is 9.53 Å². The van der Waals surface area contributed by atoms with Gasteiger partial charge in [-0.15, -0.1) is 0 Å². The molecule has 2 nitrogen and oxygen atoms in total. The fourth-order valence-corrected chi connectivity index (χ4v) is 2.88. The molecule has 0 fully saturated rings. The number of hydrogen-bond donors (Lipinski definition) is 0. The van der Waals surface area contributed by atoms with Crippen LogP contribution in [0.1, 0.15) is 33.5 Å². The van der Waals surface area contributed by atoms with E-state index in [0.717, 1.165) is 18.3 Å². The summed E-state index contributed by atoms with van der Waals surface area (Å²) in [4.78, 5) is 11.0. The third kappa shape index (κ3) is 2.56. The minimum Gasteiger partial charge on any atom is -0.487 e. The standard InChI is InChI=1S/C17H15ClO2/c18-16-6-2-5-15(10-19)17(16)20-11-12-7-8-13-3-1-4-14(13)9-12/h2,5-10H,1,3-4,11H2. The molecule has 0 saturated carbocycles. The maximum atomic E-state index is 11.0. The molecule has 2 aromatic carbocycles. The number of aldehydes is 1. The lowest BCUT2D eigenvalue weighted by Crippen LogP contribution is -2.00. The van der Waals surface area contributed by atoms with E-state index in [1.54, 1.807) is 18.2 Å². The summed E-state index contributed by atoms with van der Waals surface area (Å²) in [5.74, 6) is 0.463. The minimum atomic E-state index is 0.428. The second-order valence-corrected chi connectivity index (χ2v) is 5.43. The predicted molar refractivity (Wildman–Crippen MR) is 79.6 cm³/mol. The summed E-state index contributed by atoms with van der Waals surface area (Å²) in [6, 6.07) is 11.6. The Balaban J connectivity index is 1.78. The quantitative estimate of drug-likeness (QED) is 0.787. The molecule has 0 aliphatic heterocycles. The van der Waals surface area contributed by atoms with Gasteiger partial charge < -0.3 is 4.74 Å². The van der Waals surface area contributed by atoms with Crippen LogP contribution in [0.25, 0.3) is 0 Å². The van der Waals surface area contributed by atoms with Gasteiger partial charge in [0.25, 0.3) is 0 Å². The minimum absolute atomic E-state index is 0.428. The number of aryl methyl sites for hydroxylation is 2. The summed E-state index contributed by atoms with van der Waals surface area (Å²) in [6.07, 6.45) is 4.33. The highest BCUT2D eigenvalue weighted by Crippen LogP contribution is 2.29. The third-order valence-corrected chi connectivity index (χ3v) is 3.97. The number of carbonyl (C=O) groups excluding carboxylic acids is 1. The van der Waals surface area contributed by atoms with E-state index >= 15 is 0 Å². The molecule has 0 aromatic heterocycles. The number of carbonyl (C=O) groups is 1. The first-order valence-corrected chi connectivity index (χ1v) is 7.13. The van der Waals surface area contributed by atoms with Crippen molar-refractivity contribution in [2.45, 2.75) is 25.9 Å². The van der Waals surface area contributed by atoms with Gasteiger partial charge in [0, 0.05) is 0 Å². The Kier molecular flexibility index (Phi) is 3.75. The maximum absolute atomic E-state index is 11.0. The molecule has 3 heteroatoms. The Morgan fingerprint density at radius 3 is 2.85 bits per heavy atom. The highest BCUT2D eigenvalue weighted by atomic mass is 35.5. The normalized spacial score (nSPS) is 13.1. The van der Waals surface area contributed by atoms with E-state index in [1.165, 1.54) is 24.0 Å². The summed E-state index contributed by atoms with van der Waals surface area (Å²) >= 11 is 6.08. The number of halogens is 1. The summed E-state index contributed by atoms with van der Waals surface area (Å²) in [5, 5.41) is 0.468. The molecule has 0 bridgehead atoms. The lowest BCUT2D eigenvalue weighted by molar-refractivity contribution is 0.111. The van der Waals surface area contributed by atoms with Gasteiger partial charge in [-0.05, 0) is 48.1 Å². The third-order valence-electron chi connectivity index (χ3n) is 3.67. The molecule has 3 rings (SSSR count). The van der Waals surface area contributed by atoms with Gasteiger partial charge in [-0.1, -0.05) is 35.9 Å². The lowest BCUT2D eigenvalue weighted by Gasteiger charge is -2.11. The van der Waals surface area contributed by atoms with Crippen LogP contribution in [0.4, 0.5) is 0 Å². The molecule has 0 unspecified atom stereocenters. The van der Waals surface area contributed by atoms with Gasteiger partial charge in [0.1, 0.15) is 12.4 Å². The Labute approximate surface area is 123 Å². The van der Waals surface area contributed by atoms with Crippen molar-refractivity contribution in [2.75, 3.05) is 0 Å². The van der Waals surface area contributed by atoms with Crippen molar-refractivity contribution in [3.63, 3.8) is 0 Å². The van der Waals surface area contributed by atoms with E-state index in [2.05, 4.69) is 18.2 Å². The number of fused-ring (bicyclic) bond motifs is 1. The zero-order valence-electron chi connectivity index (χ0n) is 11.1. The van der Waals surface area contributed by atoms with Gasteiger partial charge in [0.2, 0.25) is 0 Å². The molecule has 0 heterocycles. The van der Waals surface area contributed by atoms with Crippen molar-refractivity contribution in [3.8, 4) is 5.75 Å². The van der Waals surface area contributed by atoms with E-state index in [0.29, 0.717) is 22.9 Å². The highest BCUT2D eigenvalue weighted by Gasteiger charge is 2.12. The topological polar surface area (TPSA) is 26.3 Å². The van der Waals surface area contributed by atoms with Crippen LogP contribution in [-0.4, -0.2) is 6.29 Å². The second kappa shape index (κ2) is 5.68. The molecule has 0 N–H and O–H groups in total. The van der Waals surface area contributed by atoms with Crippen LogP contribution in [0.5, 0.6) is 5.75 Å². The van der Waals surface area contributed by atoms with Gasteiger partial charge in [-0.2, -0.15) is 0 Å². The molecule has 0 saturated heterocycles. The molecule has 2 aromatic rings. The Hall–Kier alpha value is -1.80. The summed E-state index contributed by atoms with van der Waals surface area (Å²) in [7, 11) is 0. The Morgan fingerprint density at radius 2 is 2.00 bits per heavy atom. The molecule has 0 amide bonds. The Morgan fingerprint density at radius 1 is 1.15 bits per heavy atom. The summed E-state index contributed by atoms with van der Waals surface area (Å²) in [5.41, 5.74) is 4.46. The van der Waals surface area contributed by atoms with Crippen LogP contribution >= 0.6 is 11.6 Å². The zero-order chi connectivity index (χ0) is 13.9. The Bertz CT molecular complexity index is 649. The van der Waals surface area contributed by atoms with Crippen LogP contribution in [0.15, 0.2) is 36.4 Å². The molecule has 1 aliphatic carbocycles. The van der Waals surface area contributed by atoms with Gasteiger partial charge in [0.05, 0.1) is 10.6 Å². The van der Waals surface area contributed by atoms with Crippen LogP contribution < -0.4 is 4.74 Å². The van der Waals surface area contributed by atoms with E-state index in [4.69, 9.17) is 16.3 Å². The first kappa shape index (κ1) is 13.2. The molecule has 102 valence electrons. The highest BCUT2D eigenvalue weighted by molar-refractivity contribution is 6.32. The summed E-state index contributed by atoms with van der Waals surface area (Å²) in [6.45, 7) is 0.428. The fraction of sp³-hybridized carbons (Fsp3) is 0.235. The van der Waals surface area contributed by atoms with Crippen molar-refractivity contribution in [1.29, 1.82) is 0 Å². The molecule has 20 heavy (non-hydrogen) atoms. The number of rotatable bonds is 4. The first-order valence-electron chi connectivity index (χ1n) is 6.75. The van der Waals surface area contributed by atoms with Crippen molar-refractivity contribution in [3.05, 3.63) is 63.7 Å². The largest absolute Gasteiger partial charge is 0.487 e. The molecule has 0 spiro atoms. The van der Waals surface area contributed by atoms with E-state index in [9.17, 15) is 4.79 Å². The predicted octanol–water partition coefficient (Wildman–Crippen LogP) is 4.22. The van der Waals surface area contributed by atoms with Gasteiger partial charge in [-0.3, -0.25) is 4.79 Å². The SMILES string of the molecule is O=Cc1cccc(Cl)c1OCc1ccc2c(c1)CCC2. The van der Waals surface area contributed by atoms with Crippen LogP contribution in [0, 0.1) is 0 Å². The van der Waals surface area contributed by atoms with Gasteiger partial charge >= 0.3 is 0 Å². The first-order chi connectivity index (χ1) is 9.78.